The Hall–Kier alpha value is -1.13. The molecule has 3 nitrogen and oxygen atoms in total. The van der Waals surface area contributed by atoms with E-state index in [0.717, 1.165) is 24.3 Å². The van der Waals surface area contributed by atoms with Gasteiger partial charge < -0.3 is 15.0 Å². The lowest BCUT2D eigenvalue weighted by Gasteiger charge is -2.40. The molecule has 1 aliphatic rings. The predicted molar refractivity (Wildman–Crippen MR) is 71.4 cm³/mol. The number of anilines is 1. The Kier molecular flexibility index (Phi) is 3.88. The van der Waals surface area contributed by atoms with Gasteiger partial charge in [-0.05, 0) is 33.0 Å². The topological polar surface area (TPSA) is 24.5 Å². The molecule has 0 aromatic heterocycles. The van der Waals surface area contributed by atoms with Crippen LogP contribution in [0, 0.1) is 5.82 Å². The van der Waals surface area contributed by atoms with Crippen LogP contribution in [0.15, 0.2) is 18.2 Å². The van der Waals surface area contributed by atoms with E-state index in [0.29, 0.717) is 13.2 Å². The van der Waals surface area contributed by atoms with E-state index in [-0.39, 0.29) is 11.4 Å². The highest BCUT2D eigenvalue weighted by molar-refractivity contribution is 5.54. The third-order valence-corrected chi connectivity index (χ3v) is 3.21. The van der Waals surface area contributed by atoms with Crippen LogP contribution < -0.4 is 10.2 Å². The van der Waals surface area contributed by atoms with E-state index in [1.807, 2.05) is 13.1 Å². The number of ether oxygens (including phenoxy) is 1. The van der Waals surface area contributed by atoms with Gasteiger partial charge in [0.25, 0.3) is 0 Å². The van der Waals surface area contributed by atoms with E-state index in [1.54, 1.807) is 6.07 Å². The van der Waals surface area contributed by atoms with Crippen LogP contribution in [0.3, 0.4) is 0 Å². The summed E-state index contributed by atoms with van der Waals surface area (Å²) in [6.07, 6.45) is 0. The van der Waals surface area contributed by atoms with Crippen molar-refractivity contribution in [2.45, 2.75) is 26.0 Å². The summed E-state index contributed by atoms with van der Waals surface area (Å²) < 4.78 is 19.6. The molecule has 1 aromatic rings. The van der Waals surface area contributed by atoms with Crippen LogP contribution in [0.5, 0.6) is 0 Å². The minimum atomic E-state index is -0.179. The van der Waals surface area contributed by atoms with Gasteiger partial charge in [0.05, 0.1) is 12.2 Å². The minimum absolute atomic E-state index is 0.147. The Morgan fingerprint density at radius 3 is 2.89 bits per heavy atom. The molecule has 1 N–H and O–H groups in total. The first-order valence-electron chi connectivity index (χ1n) is 6.34. The zero-order valence-electron chi connectivity index (χ0n) is 11.3. The largest absolute Gasteiger partial charge is 0.372 e. The molecule has 2 rings (SSSR count). The van der Waals surface area contributed by atoms with E-state index >= 15 is 0 Å². The number of nitrogens with one attached hydrogen (secondary N) is 1. The second-order valence-electron chi connectivity index (χ2n) is 5.30. The lowest BCUT2D eigenvalue weighted by molar-refractivity contribution is -0.0277. The maximum atomic E-state index is 13.9. The number of rotatable bonds is 3. The summed E-state index contributed by atoms with van der Waals surface area (Å²) in [5, 5.41) is 3.03. The second kappa shape index (κ2) is 5.24. The molecule has 4 heteroatoms. The lowest BCUT2D eigenvalue weighted by Crippen LogP contribution is -2.48. The zero-order chi connectivity index (χ0) is 13.2. The molecule has 0 bridgehead atoms. The predicted octanol–water partition coefficient (Wildman–Crippen LogP) is 2.16. The summed E-state index contributed by atoms with van der Waals surface area (Å²) >= 11 is 0. The summed E-state index contributed by atoms with van der Waals surface area (Å²) in [5.41, 5.74) is 1.53. The van der Waals surface area contributed by atoms with Gasteiger partial charge >= 0.3 is 0 Å². The fraction of sp³-hybridized carbons (Fsp3) is 0.571. The average Bonchev–Trinajstić information content (AvgIpc) is 2.30. The highest BCUT2D eigenvalue weighted by Crippen LogP contribution is 2.27. The summed E-state index contributed by atoms with van der Waals surface area (Å²) in [7, 11) is 1.83. The molecule has 1 aromatic carbocycles. The smallest absolute Gasteiger partial charge is 0.129 e. The molecular formula is C14H21FN2O. The van der Waals surface area contributed by atoms with Crippen LogP contribution in [0.4, 0.5) is 10.1 Å². The molecule has 1 saturated heterocycles. The monoisotopic (exact) mass is 252 g/mol. The van der Waals surface area contributed by atoms with Gasteiger partial charge in [-0.1, -0.05) is 6.07 Å². The average molecular weight is 252 g/mol. The summed E-state index contributed by atoms with van der Waals surface area (Å²) in [5.74, 6) is -0.147. The minimum Gasteiger partial charge on any atom is -0.372 e. The summed E-state index contributed by atoms with van der Waals surface area (Å²) in [4.78, 5) is 2.21. The van der Waals surface area contributed by atoms with E-state index in [9.17, 15) is 4.39 Å². The molecule has 0 radical (unpaired) electrons. The molecule has 0 amide bonds. The number of nitrogens with zero attached hydrogens (tertiary/aromatic N) is 1. The van der Waals surface area contributed by atoms with Crippen LogP contribution in [0.1, 0.15) is 19.4 Å². The number of hydrogen-bond donors (Lipinski definition) is 1. The van der Waals surface area contributed by atoms with Gasteiger partial charge in [-0.2, -0.15) is 0 Å². The highest BCUT2D eigenvalue weighted by atomic mass is 19.1. The van der Waals surface area contributed by atoms with Crippen molar-refractivity contribution in [1.29, 1.82) is 0 Å². The Morgan fingerprint density at radius 2 is 2.22 bits per heavy atom. The van der Waals surface area contributed by atoms with Gasteiger partial charge in [0.15, 0.2) is 0 Å². The standard InChI is InChI=1S/C14H21FN2O/c1-14(2)10-17(7-8-18-14)13-6-4-5-12(15)11(13)9-16-3/h4-6,16H,7-10H2,1-3H3. The van der Waals surface area contributed by atoms with Gasteiger partial charge in [-0.15, -0.1) is 0 Å². The molecule has 1 heterocycles. The van der Waals surface area contributed by atoms with Crippen LogP contribution in [0.25, 0.3) is 0 Å². The van der Waals surface area contributed by atoms with Gasteiger partial charge in [-0.25, -0.2) is 4.39 Å². The van der Waals surface area contributed by atoms with E-state index in [2.05, 4.69) is 24.1 Å². The van der Waals surface area contributed by atoms with Crippen LogP contribution in [-0.2, 0) is 11.3 Å². The van der Waals surface area contributed by atoms with Crippen molar-refractivity contribution < 1.29 is 9.13 Å². The van der Waals surface area contributed by atoms with Gasteiger partial charge in [0.2, 0.25) is 0 Å². The van der Waals surface area contributed by atoms with Crippen LogP contribution in [0.2, 0.25) is 0 Å². The van der Waals surface area contributed by atoms with E-state index < -0.39 is 0 Å². The second-order valence-corrected chi connectivity index (χ2v) is 5.30. The van der Waals surface area contributed by atoms with Crippen LogP contribution in [-0.4, -0.2) is 32.3 Å². The van der Waals surface area contributed by atoms with Crippen molar-refractivity contribution in [1.82, 2.24) is 5.32 Å². The van der Waals surface area contributed by atoms with Crippen molar-refractivity contribution in [2.24, 2.45) is 0 Å². The molecule has 100 valence electrons. The van der Waals surface area contributed by atoms with E-state index in [1.165, 1.54) is 6.07 Å². The van der Waals surface area contributed by atoms with Crippen molar-refractivity contribution in [3.8, 4) is 0 Å². The molecule has 0 atom stereocenters. The van der Waals surface area contributed by atoms with Crippen molar-refractivity contribution in [3.05, 3.63) is 29.6 Å². The first-order valence-corrected chi connectivity index (χ1v) is 6.34. The van der Waals surface area contributed by atoms with Crippen molar-refractivity contribution in [2.75, 3.05) is 31.6 Å². The lowest BCUT2D eigenvalue weighted by atomic mass is 10.0. The zero-order valence-corrected chi connectivity index (χ0v) is 11.3. The molecular weight excluding hydrogens is 231 g/mol. The maximum Gasteiger partial charge on any atom is 0.129 e. The molecule has 0 spiro atoms. The molecule has 18 heavy (non-hydrogen) atoms. The van der Waals surface area contributed by atoms with Gasteiger partial charge in [-0.3, -0.25) is 0 Å². The van der Waals surface area contributed by atoms with Crippen molar-refractivity contribution >= 4 is 5.69 Å². The SMILES string of the molecule is CNCc1c(F)cccc1N1CCOC(C)(C)C1. The fourth-order valence-corrected chi connectivity index (χ4v) is 2.42. The number of benzene rings is 1. The molecule has 0 unspecified atom stereocenters. The van der Waals surface area contributed by atoms with E-state index in [4.69, 9.17) is 4.74 Å². The Morgan fingerprint density at radius 1 is 1.44 bits per heavy atom. The van der Waals surface area contributed by atoms with Crippen LogP contribution >= 0.6 is 0 Å². The third kappa shape index (κ3) is 2.82. The van der Waals surface area contributed by atoms with Gasteiger partial charge in [0.1, 0.15) is 5.82 Å². The normalized spacial score (nSPS) is 19.0. The molecule has 0 aliphatic carbocycles. The summed E-state index contributed by atoms with van der Waals surface area (Å²) in [6, 6.07) is 5.27. The number of halogens is 1. The number of hydrogen-bond acceptors (Lipinski definition) is 3. The fourth-order valence-electron chi connectivity index (χ4n) is 2.42. The maximum absolute atomic E-state index is 13.9. The Labute approximate surface area is 108 Å². The quantitative estimate of drug-likeness (QED) is 0.892. The van der Waals surface area contributed by atoms with Gasteiger partial charge in [0, 0.05) is 30.9 Å². The first-order chi connectivity index (χ1) is 8.53. The molecule has 1 fully saturated rings. The Balaban J connectivity index is 2.29. The first kappa shape index (κ1) is 13.3. The number of morpholine rings is 1. The molecule has 1 aliphatic heterocycles. The molecule has 0 saturated carbocycles. The third-order valence-electron chi connectivity index (χ3n) is 3.21. The summed E-state index contributed by atoms with van der Waals surface area (Å²) in [6.45, 7) is 6.95. The Bertz CT molecular complexity index is 420. The van der Waals surface area contributed by atoms with Crippen molar-refractivity contribution in [3.63, 3.8) is 0 Å². The highest BCUT2D eigenvalue weighted by Gasteiger charge is 2.28.